The van der Waals surface area contributed by atoms with Gasteiger partial charge < -0.3 is 15.5 Å². The maximum Gasteiger partial charge on any atom is 0.307 e. The van der Waals surface area contributed by atoms with E-state index >= 15 is 0 Å². The Balaban J connectivity index is 2.52. The molecule has 110 valence electrons. The molecule has 0 aliphatic heterocycles. The highest BCUT2D eigenvalue weighted by Gasteiger charge is 2.65. The minimum absolute atomic E-state index is 0.156. The lowest BCUT2D eigenvalue weighted by molar-refractivity contribution is -0.140. The van der Waals surface area contributed by atoms with Gasteiger partial charge in [-0.25, -0.2) is 0 Å². The number of hydrogen-bond acceptors (Lipinski definition) is 3. The maximum atomic E-state index is 12.0. The molecule has 1 amide bonds. The summed E-state index contributed by atoms with van der Waals surface area (Å²) < 4.78 is 0. The quantitative estimate of drug-likeness (QED) is 0.678. The molecule has 0 aromatic heterocycles. The van der Waals surface area contributed by atoms with Crippen LogP contribution in [0.3, 0.4) is 0 Å². The fourth-order valence-electron chi connectivity index (χ4n) is 2.93. The van der Waals surface area contributed by atoms with Crippen LogP contribution < -0.4 is 5.32 Å². The highest BCUT2D eigenvalue weighted by atomic mass is 16.4. The van der Waals surface area contributed by atoms with E-state index in [0.29, 0.717) is 12.3 Å². The Morgan fingerprint density at radius 2 is 1.84 bits per heavy atom. The van der Waals surface area contributed by atoms with Crippen LogP contribution in [-0.2, 0) is 9.59 Å². The topological polar surface area (TPSA) is 86.6 Å². The predicted octanol–water partition coefficient (Wildman–Crippen LogP) is 1.26. The minimum atomic E-state index is -0.957. The van der Waals surface area contributed by atoms with Gasteiger partial charge in [0.25, 0.3) is 0 Å². The van der Waals surface area contributed by atoms with Crippen LogP contribution in [0.1, 0.15) is 41.0 Å². The summed E-state index contributed by atoms with van der Waals surface area (Å²) in [5, 5.41) is 21.8. The van der Waals surface area contributed by atoms with Crippen molar-refractivity contribution in [1.82, 2.24) is 5.32 Å². The zero-order valence-corrected chi connectivity index (χ0v) is 12.4. The van der Waals surface area contributed by atoms with Crippen LogP contribution in [0.15, 0.2) is 0 Å². The van der Waals surface area contributed by atoms with Crippen molar-refractivity contribution in [3.63, 3.8) is 0 Å². The fourth-order valence-corrected chi connectivity index (χ4v) is 2.93. The van der Waals surface area contributed by atoms with Gasteiger partial charge in [-0.05, 0) is 24.7 Å². The highest BCUT2D eigenvalue weighted by molar-refractivity contribution is 5.91. The van der Waals surface area contributed by atoms with Crippen molar-refractivity contribution in [2.45, 2.75) is 46.6 Å². The molecule has 3 N–H and O–H groups in total. The Hall–Kier alpha value is -1.10. The molecule has 1 aliphatic rings. The average Bonchev–Trinajstić information content (AvgIpc) is 2.76. The van der Waals surface area contributed by atoms with Crippen molar-refractivity contribution in [2.24, 2.45) is 23.2 Å². The lowest BCUT2D eigenvalue weighted by atomic mass is 9.94. The number of carbonyl (C=O) groups excluding carboxylic acids is 1. The Kier molecular flexibility index (Phi) is 4.30. The second-order valence-electron chi connectivity index (χ2n) is 6.93. The summed E-state index contributed by atoms with van der Waals surface area (Å²) in [5.74, 6) is -2.00. The summed E-state index contributed by atoms with van der Waals surface area (Å²) >= 11 is 0. The van der Waals surface area contributed by atoms with Crippen LogP contribution in [0.4, 0.5) is 0 Å². The molecule has 5 nitrogen and oxygen atoms in total. The Labute approximate surface area is 114 Å². The third-order valence-electron chi connectivity index (χ3n) is 3.87. The molecule has 3 atom stereocenters. The zero-order valence-electron chi connectivity index (χ0n) is 12.4. The van der Waals surface area contributed by atoms with Gasteiger partial charge in [0.1, 0.15) is 0 Å². The van der Waals surface area contributed by atoms with Gasteiger partial charge in [-0.3, -0.25) is 9.59 Å². The van der Waals surface area contributed by atoms with Crippen molar-refractivity contribution in [3.8, 4) is 0 Å². The third-order valence-corrected chi connectivity index (χ3v) is 3.87. The predicted molar refractivity (Wildman–Crippen MR) is 71.5 cm³/mol. The lowest BCUT2D eigenvalue weighted by Gasteiger charge is -2.25. The van der Waals surface area contributed by atoms with Gasteiger partial charge in [0.2, 0.25) is 5.91 Å². The lowest BCUT2D eigenvalue weighted by Crippen LogP contribution is -2.42. The summed E-state index contributed by atoms with van der Waals surface area (Å²) in [6, 6.07) is 0. The van der Waals surface area contributed by atoms with Crippen LogP contribution in [0, 0.1) is 23.2 Å². The number of carboxylic acid groups (broad SMARTS) is 1. The van der Waals surface area contributed by atoms with Crippen molar-refractivity contribution < 1.29 is 19.8 Å². The van der Waals surface area contributed by atoms with E-state index in [2.05, 4.69) is 5.32 Å². The smallest absolute Gasteiger partial charge is 0.307 e. The Morgan fingerprint density at radius 3 is 2.21 bits per heavy atom. The average molecular weight is 271 g/mol. The molecule has 19 heavy (non-hydrogen) atoms. The van der Waals surface area contributed by atoms with Crippen LogP contribution >= 0.6 is 0 Å². The van der Waals surface area contributed by atoms with Gasteiger partial charge in [-0.1, -0.05) is 27.7 Å². The number of amides is 1. The van der Waals surface area contributed by atoms with E-state index in [1.165, 1.54) is 0 Å². The molecule has 0 heterocycles. The molecule has 0 spiro atoms. The second kappa shape index (κ2) is 5.12. The summed E-state index contributed by atoms with van der Waals surface area (Å²) in [6.45, 7) is 9.40. The molecule has 0 saturated heterocycles. The molecule has 0 radical (unpaired) electrons. The maximum absolute atomic E-state index is 12.0. The van der Waals surface area contributed by atoms with E-state index < -0.39 is 28.8 Å². The molecular formula is C14H25NO4. The first kappa shape index (κ1) is 16.0. The molecule has 3 unspecified atom stereocenters. The molecule has 1 rings (SSSR count). The molecule has 1 saturated carbocycles. The minimum Gasteiger partial charge on any atom is -0.481 e. The number of aliphatic hydroxyl groups is 1. The number of aliphatic carboxylic acids is 1. The van der Waals surface area contributed by atoms with Crippen molar-refractivity contribution >= 4 is 11.9 Å². The summed E-state index contributed by atoms with van der Waals surface area (Å²) in [7, 11) is 0. The Morgan fingerprint density at radius 1 is 1.32 bits per heavy atom. The van der Waals surface area contributed by atoms with Crippen molar-refractivity contribution in [2.75, 3.05) is 6.54 Å². The summed E-state index contributed by atoms with van der Waals surface area (Å²) in [4.78, 5) is 23.0. The number of rotatable bonds is 6. The van der Waals surface area contributed by atoms with Crippen LogP contribution in [0.5, 0.6) is 0 Å². The fraction of sp³-hybridized carbons (Fsp3) is 0.857. The van der Waals surface area contributed by atoms with Gasteiger partial charge in [0.15, 0.2) is 0 Å². The Bertz CT molecular complexity index is 374. The van der Waals surface area contributed by atoms with E-state index in [1.54, 1.807) is 20.8 Å². The van der Waals surface area contributed by atoms with Crippen LogP contribution in [0.25, 0.3) is 0 Å². The van der Waals surface area contributed by atoms with Crippen molar-refractivity contribution in [1.29, 1.82) is 0 Å². The van der Waals surface area contributed by atoms with Crippen LogP contribution in [0.2, 0.25) is 0 Å². The molecule has 1 aliphatic carbocycles. The summed E-state index contributed by atoms with van der Waals surface area (Å²) in [5.41, 5.74) is -1.46. The number of hydrogen-bond donors (Lipinski definition) is 3. The molecular weight excluding hydrogens is 246 g/mol. The van der Waals surface area contributed by atoms with Crippen molar-refractivity contribution in [3.05, 3.63) is 0 Å². The molecule has 1 fully saturated rings. The van der Waals surface area contributed by atoms with Gasteiger partial charge in [-0.15, -0.1) is 0 Å². The first-order valence-corrected chi connectivity index (χ1v) is 6.72. The first-order valence-electron chi connectivity index (χ1n) is 6.72. The standard InChI is InChI=1S/C14H25NO4/c1-8(2)6-14(5,19)7-15-11(16)9-10(12(17)18)13(9,3)4/h8-10,19H,6-7H2,1-5H3,(H,15,16)(H,17,18). The van der Waals surface area contributed by atoms with Gasteiger partial charge in [0.05, 0.1) is 17.4 Å². The monoisotopic (exact) mass is 271 g/mol. The number of nitrogens with one attached hydrogen (secondary N) is 1. The molecule has 0 bridgehead atoms. The van der Waals surface area contributed by atoms with Crippen LogP contribution in [-0.4, -0.2) is 34.2 Å². The van der Waals surface area contributed by atoms with Gasteiger partial charge in [-0.2, -0.15) is 0 Å². The summed E-state index contributed by atoms with van der Waals surface area (Å²) in [6.07, 6.45) is 0.587. The second-order valence-corrected chi connectivity index (χ2v) is 6.93. The normalized spacial score (nSPS) is 27.7. The zero-order chi connectivity index (χ0) is 15.0. The van der Waals surface area contributed by atoms with E-state index in [4.69, 9.17) is 5.11 Å². The number of carboxylic acids is 1. The van der Waals surface area contributed by atoms with E-state index in [1.807, 2.05) is 13.8 Å². The highest BCUT2D eigenvalue weighted by Crippen LogP contribution is 2.58. The third kappa shape index (κ3) is 3.69. The van der Waals surface area contributed by atoms with E-state index in [-0.39, 0.29) is 12.5 Å². The number of carbonyl (C=O) groups is 2. The largest absolute Gasteiger partial charge is 0.481 e. The van der Waals surface area contributed by atoms with Gasteiger partial charge >= 0.3 is 5.97 Å². The van der Waals surface area contributed by atoms with E-state index in [9.17, 15) is 14.7 Å². The molecule has 5 heteroatoms. The first-order chi connectivity index (χ1) is 8.49. The SMILES string of the molecule is CC(C)CC(C)(O)CNC(=O)C1C(C(=O)O)C1(C)C. The van der Waals surface area contributed by atoms with E-state index in [0.717, 1.165) is 0 Å². The molecule has 0 aromatic carbocycles. The van der Waals surface area contributed by atoms with Gasteiger partial charge in [0, 0.05) is 6.54 Å². The molecule has 0 aromatic rings.